The van der Waals surface area contributed by atoms with Crippen LogP contribution in [0.5, 0.6) is 0 Å². The number of esters is 1. The van der Waals surface area contributed by atoms with Gasteiger partial charge in [0.1, 0.15) is 6.61 Å². The number of halogens is 1. The van der Waals surface area contributed by atoms with Crippen LogP contribution in [-0.4, -0.2) is 23.7 Å². The van der Waals surface area contributed by atoms with Gasteiger partial charge in [0.15, 0.2) is 0 Å². The van der Waals surface area contributed by atoms with Crippen LogP contribution >= 0.6 is 27.7 Å². The Balaban J connectivity index is 1.98. The van der Waals surface area contributed by atoms with E-state index in [1.807, 2.05) is 50.2 Å². The topological polar surface area (TPSA) is 55.4 Å². The van der Waals surface area contributed by atoms with Gasteiger partial charge in [-0.3, -0.25) is 4.79 Å². The number of rotatable bonds is 7. The zero-order valence-corrected chi connectivity index (χ0v) is 16.5. The molecule has 2 aromatic carbocycles. The predicted octanol–water partition coefficient (Wildman–Crippen LogP) is 4.42. The molecule has 0 radical (unpaired) electrons. The lowest BCUT2D eigenvalue weighted by molar-refractivity contribution is -0.119. The number of amides is 1. The number of thioether (sulfide) groups is 1. The summed E-state index contributed by atoms with van der Waals surface area (Å²) in [5, 5.41) is 2.83. The number of carbonyl (C=O) groups is 2. The summed E-state index contributed by atoms with van der Waals surface area (Å²) >= 11 is 4.72. The lowest BCUT2D eigenvalue weighted by atomic mass is 10.2. The summed E-state index contributed by atoms with van der Waals surface area (Å²) in [6.07, 6.45) is 0. The van der Waals surface area contributed by atoms with Gasteiger partial charge in [0.25, 0.3) is 0 Å². The second-order valence-electron chi connectivity index (χ2n) is 5.71. The fraction of sp³-hybridized carbons (Fsp3) is 0.263. The first-order valence-electron chi connectivity index (χ1n) is 7.88. The van der Waals surface area contributed by atoms with Crippen LogP contribution in [0.3, 0.4) is 0 Å². The van der Waals surface area contributed by atoms with Crippen LogP contribution in [0.2, 0.25) is 0 Å². The molecule has 0 saturated heterocycles. The van der Waals surface area contributed by atoms with Crippen LogP contribution in [0.25, 0.3) is 0 Å². The molecule has 0 saturated carbocycles. The number of carbonyl (C=O) groups excluding carboxylic acids is 2. The number of ether oxygens (including phenoxy) is 1. The van der Waals surface area contributed by atoms with E-state index < -0.39 is 5.97 Å². The summed E-state index contributed by atoms with van der Waals surface area (Å²) in [4.78, 5) is 24.9. The highest BCUT2D eigenvalue weighted by molar-refractivity contribution is 9.10. The highest BCUT2D eigenvalue weighted by Crippen LogP contribution is 2.23. The second-order valence-corrected chi connectivity index (χ2v) is 7.65. The van der Waals surface area contributed by atoms with Crippen molar-refractivity contribution >= 4 is 39.6 Å². The minimum Gasteiger partial charge on any atom is -0.457 e. The Kier molecular flexibility index (Phi) is 7.52. The fourth-order valence-electron chi connectivity index (χ4n) is 2.12. The molecule has 2 rings (SSSR count). The largest absolute Gasteiger partial charge is 0.457 e. The van der Waals surface area contributed by atoms with Crippen LogP contribution in [0.1, 0.15) is 29.8 Å². The monoisotopic (exact) mass is 421 g/mol. The molecule has 0 heterocycles. The predicted molar refractivity (Wildman–Crippen MR) is 104 cm³/mol. The van der Waals surface area contributed by atoms with E-state index in [0.717, 1.165) is 14.9 Å². The number of benzene rings is 2. The van der Waals surface area contributed by atoms with E-state index in [-0.39, 0.29) is 24.3 Å². The van der Waals surface area contributed by atoms with Crippen LogP contribution < -0.4 is 5.32 Å². The molecule has 0 fully saturated rings. The molecule has 132 valence electrons. The molecular weight excluding hydrogens is 402 g/mol. The van der Waals surface area contributed by atoms with Crippen molar-refractivity contribution in [3.8, 4) is 0 Å². The quantitative estimate of drug-likeness (QED) is 0.530. The molecule has 2 aromatic rings. The van der Waals surface area contributed by atoms with Gasteiger partial charge in [0.2, 0.25) is 5.91 Å². The Morgan fingerprint density at radius 3 is 2.64 bits per heavy atom. The van der Waals surface area contributed by atoms with Crippen molar-refractivity contribution in [2.24, 2.45) is 0 Å². The van der Waals surface area contributed by atoms with E-state index >= 15 is 0 Å². The molecule has 4 nitrogen and oxygen atoms in total. The van der Waals surface area contributed by atoms with Gasteiger partial charge in [-0.05, 0) is 43.7 Å². The summed E-state index contributed by atoms with van der Waals surface area (Å²) in [5.41, 5.74) is 1.38. The molecule has 0 atom stereocenters. The minimum atomic E-state index is -0.396. The maximum absolute atomic E-state index is 12.4. The lowest BCUT2D eigenvalue weighted by Gasteiger charge is -2.11. The molecule has 0 bridgehead atoms. The molecule has 0 aliphatic rings. The van der Waals surface area contributed by atoms with E-state index in [4.69, 9.17) is 4.74 Å². The molecular formula is C19H20BrNO3S. The van der Waals surface area contributed by atoms with Gasteiger partial charge in [-0.1, -0.05) is 40.2 Å². The molecule has 0 aromatic heterocycles. The molecule has 25 heavy (non-hydrogen) atoms. The summed E-state index contributed by atoms with van der Waals surface area (Å²) in [7, 11) is 0. The van der Waals surface area contributed by atoms with Crippen molar-refractivity contribution in [3.05, 3.63) is 64.1 Å². The van der Waals surface area contributed by atoms with E-state index in [0.29, 0.717) is 5.56 Å². The summed E-state index contributed by atoms with van der Waals surface area (Å²) in [6, 6.07) is 14.9. The summed E-state index contributed by atoms with van der Waals surface area (Å²) in [6.45, 7) is 4.02. The SMILES string of the molecule is CC(C)NC(=O)CSc1ccccc1C(=O)OCc1cccc(Br)c1. The third-order valence-corrected chi connectivity index (χ3v) is 4.74. The number of hydrogen-bond acceptors (Lipinski definition) is 4. The molecule has 0 aliphatic carbocycles. The van der Waals surface area contributed by atoms with Gasteiger partial charge in [-0.25, -0.2) is 4.79 Å². The molecule has 6 heteroatoms. The first-order chi connectivity index (χ1) is 12.0. The van der Waals surface area contributed by atoms with Crippen molar-refractivity contribution in [1.29, 1.82) is 0 Å². The maximum Gasteiger partial charge on any atom is 0.339 e. The first kappa shape index (κ1) is 19.5. The maximum atomic E-state index is 12.4. The third kappa shape index (κ3) is 6.55. The Morgan fingerprint density at radius 2 is 1.92 bits per heavy atom. The van der Waals surface area contributed by atoms with Crippen LogP contribution in [0.4, 0.5) is 0 Å². The Morgan fingerprint density at radius 1 is 1.16 bits per heavy atom. The summed E-state index contributed by atoms with van der Waals surface area (Å²) in [5.74, 6) is -0.196. The third-order valence-electron chi connectivity index (χ3n) is 3.17. The van der Waals surface area contributed by atoms with E-state index in [9.17, 15) is 9.59 Å². The Hall–Kier alpha value is -1.79. The zero-order valence-electron chi connectivity index (χ0n) is 14.1. The van der Waals surface area contributed by atoms with Gasteiger partial charge in [-0.2, -0.15) is 0 Å². The Bertz CT molecular complexity index is 749. The minimum absolute atomic E-state index is 0.0580. The fourth-order valence-corrected chi connectivity index (χ4v) is 3.42. The average molecular weight is 422 g/mol. The van der Waals surface area contributed by atoms with Crippen LogP contribution in [0, 0.1) is 0 Å². The highest BCUT2D eigenvalue weighted by atomic mass is 79.9. The average Bonchev–Trinajstić information content (AvgIpc) is 2.57. The molecule has 0 unspecified atom stereocenters. The standard InChI is InChI=1S/C19H20BrNO3S/c1-13(2)21-18(22)12-25-17-9-4-3-8-16(17)19(23)24-11-14-6-5-7-15(20)10-14/h3-10,13H,11-12H2,1-2H3,(H,21,22). The van der Waals surface area contributed by atoms with E-state index in [1.54, 1.807) is 12.1 Å². The molecule has 1 N–H and O–H groups in total. The number of nitrogens with one attached hydrogen (secondary N) is 1. The second kappa shape index (κ2) is 9.63. The van der Waals surface area contributed by atoms with Crippen molar-refractivity contribution in [2.45, 2.75) is 31.4 Å². The number of hydrogen-bond donors (Lipinski definition) is 1. The van der Waals surface area contributed by atoms with Gasteiger partial charge in [0, 0.05) is 15.4 Å². The molecule has 0 spiro atoms. The van der Waals surface area contributed by atoms with Crippen molar-refractivity contribution in [1.82, 2.24) is 5.32 Å². The van der Waals surface area contributed by atoms with E-state index in [2.05, 4.69) is 21.2 Å². The summed E-state index contributed by atoms with van der Waals surface area (Å²) < 4.78 is 6.35. The van der Waals surface area contributed by atoms with Gasteiger partial charge >= 0.3 is 5.97 Å². The van der Waals surface area contributed by atoms with E-state index in [1.165, 1.54) is 11.8 Å². The van der Waals surface area contributed by atoms with Crippen molar-refractivity contribution in [2.75, 3.05) is 5.75 Å². The lowest BCUT2D eigenvalue weighted by Crippen LogP contribution is -2.31. The first-order valence-corrected chi connectivity index (χ1v) is 9.66. The highest BCUT2D eigenvalue weighted by Gasteiger charge is 2.14. The van der Waals surface area contributed by atoms with Crippen molar-refractivity contribution < 1.29 is 14.3 Å². The van der Waals surface area contributed by atoms with Crippen LogP contribution in [0.15, 0.2) is 57.9 Å². The van der Waals surface area contributed by atoms with Gasteiger partial charge < -0.3 is 10.1 Å². The molecule has 1 amide bonds. The normalized spacial score (nSPS) is 10.6. The Labute approximate surface area is 160 Å². The zero-order chi connectivity index (χ0) is 18.2. The van der Waals surface area contributed by atoms with Gasteiger partial charge in [0.05, 0.1) is 11.3 Å². The van der Waals surface area contributed by atoms with Crippen molar-refractivity contribution in [3.63, 3.8) is 0 Å². The van der Waals surface area contributed by atoms with Crippen LogP contribution in [-0.2, 0) is 16.1 Å². The smallest absolute Gasteiger partial charge is 0.339 e. The molecule has 0 aliphatic heterocycles. The van der Waals surface area contributed by atoms with Gasteiger partial charge in [-0.15, -0.1) is 11.8 Å².